The molecule has 2 aliphatic rings. The lowest BCUT2D eigenvalue weighted by atomic mass is 10.0. The number of nitrogens with zero attached hydrogens (tertiary/aromatic N) is 2. The summed E-state index contributed by atoms with van der Waals surface area (Å²) in [6.45, 7) is 7.86. The molecule has 1 aromatic rings. The largest absolute Gasteiger partial charge is 0.315 e. The second kappa shape index (κ2) is 7.35. The summed E-state index contributed by atoms with van der Waals surface area (Å²) in [5.74, 6) is -0.0573. The third-order valence-corrected chi connectivity index (χ3v) is 8.18. The number of aliphatic imine (C=N–C) groups is 1. The predicted octanol–water partition coefficient (Wildman–Crippen LogP) is 3.07. The van der Waals surface area contributed by atoms with Crippen molar-refractivity contribution in [1.29, 1.82) is 0 Å². The Bertz CT molecular complexity index is 824. The molecule has 2 aliphatic heterocycles. The van der Waals surface area contributed by atoms with E-state index in [1.54, 1.807) is 0 Å². The number of carbonyl (C=O) groups is 1. The zero-order valence-corrected chi connectivity index (χ0v) is 17.4. The van der Waals surface area contributed by atoms with Gasteiger partial charge in [0.1, 0.15) is 0 Å². The van der Waals surface area contributed by atoms with Gasteiger partial charge in [0.2, 0.25) is 0 Å². The average Bonchev–Trinajstić information content (AvgIpc) is 3.04. The minimum Gasteiger partial charge on any atom is -0.315 e. The Kier molecular flexibility index (Phi) is 5.49. The molecule has 0 aliphatic carbocycles. The maximum Gasteiger partial charge on any atom is 0.250 e. The van der Waals surface area contributed by atoms with E-state index in [-0.39, 0.29) is 34.6 Å². The minimum atomic E-state index is -3.06. The number of para-hydroxylation sites is 1. The smallest absolute Gasteiger partial charge is 0.250 e. The second-order valence-corrected chi connectivity index (χ2v) is 10.6. The Balaban J connectivity index is 2.15. The molecule has 142 valence electrons. The lowest BCUT2D eigenvalue weighted by molar-refractivity contribution is -0.120. The number of amidine groups is 1. The van der Waals surface area contributed by atoms with Gasteiger partial charge in [-0.2, -0.15) is 4.99 Å². The molecular weight excluding hydrogens is 368 g/mol. The van der Waals surface area contributed by atoms with Gasteiger partial charge in [-0.3, -0.25) is 4.79 Å². The van der Waals surface area contributed by atoms with Gasteiger partial charge in [0.15, 0.2) is 15.0 Å². The van der Waals surface area contributed by atoms with E-state index in [0.717, 1.165) is 18.5 Å². The number of hydrogen-bond acceptors (Lipinski definition) is 4. The molecule has 5 nitrogen and oxygen atoms in total. The number of sulfone groups is 1. The number of anilines is 1. The van der Waals surface area contributed by atoms with Crippen LogP contribution in [0, 0.1) is 5.92 Å². The highest BCUT2D eigenvalue weighted by Crippen LogP contribution is 2.43. The zero-order valence-electron chi connectivity index (χ0n) is 15.7. The van der Waals surface area contributed by atoms with Crippen molar-refractivity contribution in [3.8, 4) is 0 Å². The molecule has 0 unspecified atom stereocenters. The van der Waals surface area contributed by atoms with Crippen molar-refractivity contribution in [3.63, 3.8) is 0 Å². The molecule has 2 saturated heterocycles. The minimum absolute atomic E-state index is 0.0617. The molecule has 7 heteroatoms. The van der Waals surface area contributed by atoms with Gasteiger partial charge >= 0.3 is 0 Å². The molecule has 0 radical (unpaired) electrons. The quantitative estimate of drug-likeness (QED) is 0.785. The van der Waals surface area contributed by atoms with Crippen molar-refractivity contribution in [2.75, 3.05) is 16.4 Å². The van der Waals surface area contributed by atoms with Crippen molar-refractivity contribution in [1.82, 2.24) is 0 Å². The first kappa shape index (κ1) is 19.4. The van der Waals surface area contributed by atoms with Gasteiger partial charge in [0, 0.05) is 16.9 Å². The van der Waals surface area contributed by atoms with Crippen LogP contribution in [0.5, 0.6) is 0 Å². The molecule has 1 aromatic carbocycles. The van der Waals surface area contributed by atoms with Gasteiger partial charge < -0.3 is 4.90 Å². The van der Waals surface area contributed by atoms with E-state index in [1.165, 1.54) is 22.9 Å². The Morgan fingerprint density at radius 3 is 2.38 bits per heavy atom. The van der Waals surface area contributed by atoms with Gasteiger partial charge in [0.25, 0.3) is 5.91 Å². The monoisotopic (exact) mass is 394 g/mol. The van der Waals surface area contributed by atoms with Crippen LogP contribution in [-0.4, -0.2) is 42.3 Å². The molecule has 0 N–H and O–H groups in total. The molecule has 0 saturated carbocycles. The molecule has 2 fully saturated rings. The van der Waals surface area contributed by atoms with Crippen LogP contribution < -0.4 is 4.90 Å². The summed E-state index contributed by atoms with van der Waals surface area (Å²) in [6, 6.07) is 6.06. The molecule has 2 heterocycles. The van der Waals surface area contributed by atoms with Crippen molar-refractivity contribution >= 4 is 38.4 Å². The van der Waals surface area contributed by atoms with Crippen LogP contribution in [0.25, 0.3) is 0 Å². The molecular formula is C19H26N2O3S2. The van der Waals surface area contributed by atoms with Crippen LogP contribution in [0.1, 0.15) is 38.8 Å². The number of aryl methyl sites for hydroxylation is 2. The Hall–Kier alpha value is -1.34. The summed E-state index contributed by atoms with van der Waals surface area (Å²) in [6.07, 6.45) is 1.69. The Morgan fingerprint density at radius 1 is 1.23 bits per heavy atom. The van der Waals surface area contributed by atoms with E-state index < -0.39 is 9.84 Å². The van der Waals surface area contributed by atoms with Crippen LogP contribution in [0.4, 0.5) is 5.69 Å². The highest BCUT2D eigenvalue weighted by molar-refractivity contribution is 8.16. The number of amides is 1. The lowest BCUT2D eigenvalue weighted by Crippen LogP contribution is -2.39. The first-order valence-corrected chi connectivity index (χ1v) is 11.9. The predicted molar refractivity (Wildman–Crippen MR) is 109 cm³/mol. The van der Waals surface area contributed by atoms with E-state index in [9.17, 15) is 13.2 Å². The Labute approximate surface area is 160 Å². The van der Waals surface area contributed by atoms with Gasteiger partial charge in [-0.1, -0.05) is 57.7 Å². The average molecular weight is 395 g/mol. The van der Waals surface area contributed by atoms with Crippen LogP contribution >= 0.6 is 11.8 Å². The van der Waals surface area contributed by atoms with E-state index in [2.05, 4.69) is 35.9 Å². The van der Waals surface area contributed by atoms with Crippen molar-refractivity contribution in [3.05, 3.63) is 29.3 Å². The van der Waals surface area contributed by atoms with Crippen LogP contribution in [0.2, 0.25) is 0 Å². The van der Waals surface area contributed by atoms with Gasteiger partial charge in [-0.15, -0.1) is 0 Å². The number of rotatable bonds is 4. The summed E-state index contributed by atoms with van der Waals surface area (Å²) in [7, 11) is -3.06. The molecule has 0 aromatic heterocycles. The SMILES string of the molecule is CCc1cccc(CC)c1N1C(=NC(=O)C(C)C)S[C@H]2CS(=O)(=O)C[C@@H]21. The van der Waals surface area contributed by atoms with E-state index in [1.807, 2.05) is 19.9 Å². The molecule has 2 atom stereocenters. The normalized spacial score (nSPS) is 25.9. The highest BCUT2D eigenvalue weighted by atomic mass is 32.2. The summed E-state index contributed by atoms with van der Waals surface area (Å²) >= 11 is 1.45. The van der Waals surface area contributed by atoms with Crippen molar-refractivity contribution < 1.29 is 13.2 Å². The summed E-state index contributed by atoms with van der Waals surface area (Å²) in [5.41, 5.74) is 3.38. The molecule has 0 bridgehead atoms. The van der Waals surface area contributed by atoms with Crippen LogP contribution in [-0.2, 0) is 27.5 Å². The topological polar surface area (TPSA) is 66.8 Å². The van der Waals surface area contributed by atoms with Gasteiger partial charge in [-0.25, -0.2) is 8.42 Å². The third kappa shape index (κ3) is 3.56. The molecule has 3 rings (SSSR count). The van der Waals surface area contributed by atoms with Crippen molar-refractivity contribution in [2.45, 2.75) is 51.8 Å². The fourth-order valence-electron chi connectivity index (χ4n) is 3.57. The Morgan fingerprint density at radius 2 is 1.85 bits per heavy atom. The first-order valence-electron chi connectivity index (χ1n) is 9.17. The number of fused-ring (bicyclic) bond motifs is 1. The second-order valence-electron chi connectivity index (χ2n) is 7.19. The maximum absolute atomic E-state index is 12.3. The molecule has 1 amide bonds. The fraction of sp³-hybridized carbons (Fsp3) is 0.579. The number of hydrogen-bond donors (Lipinski definition) is 0. The standard InChI is InChI=1S/C19H26N2O3S2/c1-5-13-8-7-9-14(6-2)17(13)21-15-10-26(23,24)11-16(15)25-19(21)20-18(22)12(3)4/h7-9,12,15-16H,5-6,10-11H2,1-4H3/t15-,16-/m0/s1. The maximum atomic E-state index is 12.3. The zero-order chi connectivity index (χ0) is 19.1. The van der Waals surface area contributed by atoms with E-state index >= 15 is 0 Å². The van der Waals surface area contributed by atoms with Gasteiger partial charge in [-0.05, 0) is 24.0 Å². The molecule has 26 heavy (non-hydrogen) atoms. The number of benzene rings is 1. The van der Waals surface area contributed by atoms with Crippen molar-refractivity contribution in [2.24, 2.45) is 10.9 Å². The summed E-state index contributed by atoms with van der Waals surface area (Å²) in [5, 5.41) is 0.595. The number of thioether (sulfide) groups is 1. The van der Waals surface area contributed by atoms with E-state index in [0.29, 0.717) is 5.17 Å². The van der Waals surface area contributed by atoms with Crippen LogP contribution in [0.3, 0.4) is 0 Å². The van der Waals surface area contributed by atoms with E-state index in [4.69, 9.17) is 0 Å². The third-order valence-electron chi connectivity index (χ3n) is 4.97. The first-order chi connectivity index (χ1) is 12.3. The summed E-state index contributed by atoms with van der Waals surface area (Å²) < 4.78 is 24.4. The lowest BCUT2D eigenvalue weighted by Gasteiger charge is -2.29. The highest BCUT2D eigenvalue weighted by Gasteiger charge is 2.50. The van der Waals surface area contributed by atoms with Gasteiger partial charge in [0.05, 0.1) is 17.5 Å². The van der Waals surface area contributed by atoms with Crippen LogP contribution in [0.15, 0.2) is 23.2 Å². The summed E-state index contributed by atoms with van der Waals surface area (Å²) in [4.78, 5) is 18.7. The number of carbonyl (C=O) groups excluding carboxylic acids is 1. The molecule has 0 spiro atoms. The fourth-order valence-corrected chi connectivity index (χ4v) is 7.48.